The van der Waals surface area contributed by atoms with Gasteiger partial charge in [0.25, 0.3) is 0 Å². The molecule has 4 aromatic rings. The van der Waals surface area contributed by atoms with Gasteiger partial charge in [0.05, 0.1) is 30.6 Å². The summed E-state index contributed by atoms with van der Waals surface area (Å²) in [6.45, 7) is 2.47. The van der Waals surface area contributed by atoms with Gasteiger partial charge in [0.1, 0.15) is 18.2 Å². The van der Waals surface area contributed by atoms with Gasteiger partial charge < -0.3 is 24.4 Å². The van der Waals surface area contributed by atoms with Gasteiger partial charge in [-0.3, -0.25) is 4.90 Å². The van der Waals surface area contributed by atoms with Crippen molar-refractivity contribution in [3.63, 3.8) is 0 Å². The Morgan fingerprint density at radius 1 is 0.973 bits per heavy atom. The Hall–Kier alpha value is -3.30. The number of para-hydroxylation sites is 2. The van der Waals surface area contributed by atoms with E-state index in [0.29, 0.717) is 32.8 Å². The highest BCUT2D eigenvalue weighted by Crippen LogP contribution is 2.47. The Morgan fingerprint density at radius 2 is 1.65 bits per heavy atom. The molecule has 0 unspecified atom stereocenters. The lowest BCUT2D eigenvalue weighted by Gasteiger charge is -2.35. The fourth-order valence-corrected chi connectivity index (χ4v) is 5.65. The largest absolute Gasteiger partial charge is 0.486 e. The minimum atomic E-state index is -0.601. The predicted molar refractivity (Wildman–Crippen MR) is 146 cm³/mol. The lowest BCUT2D eigenvalue weighted by molar-refractivity contribution is 0.100. The maximum atomic E-state index is 11.2. The van der Waals surface area contributed by atoms with Crippen molar-refractivity contribution in [3.8, 4) is 5.75 Å². The minimum absolute atomic E-state index is 0.0313. The van der Waals surface area contributed by atoms with Crippen LogP contribution in [0.25, 0.3) is 0 Å². The van der Waals surface area contributed by atoms with Crippen LogP contribution in [0, 0.1) is 0 Å². The molecule has 1 aromatic heterocycles. The first kappa shape index (κ1) is 25.4. The van der Waals surface area contributed by atoms with Crippen LogP contribution in [0.15, 0.2) is 95.0 Å². The highest BCUT2D eigenvalue weighted by molar-refractivity contribution is 7.99. The van der Waals surface area contributed by atoms with Crippen molar-refractivity contribution in [1.82, 2.24) is 14.5 Å². The third-order valence-electron chi connectivity index (χ3n) is 6.43. The number of benzene rings is 3. The highest BCUT2D eigenvalue weighted by atomic mass is 32.2. The van der Waals surface area contributed by atoms with Crippen molar-refractivity contribution in [2.24, 2.45) is 7.05 Å². The molecule has 0 aliphatic carbocycles. The molecule has 2 heterocycles. The summed E-state index contributed by atoms with van der Waals surface area (Å²) in [5.41, 5.74) is 3.32. The summed E-state index contributed by atoms with van der Waals surface area (Å²) in [6, 6.07) is 24.6. The van der Waals surface area contributed by atoms with Gasteiger partial charge in [-0.15, -0.1) is 0 Å². The number of imidazole rings is 1. The Morgan fingerprint density at radius 3 is 2.27 bits per heavy atom. The molecule has 37 heavy (non-hydrogen) atoms. The van der Waals surface area contributed by atoms with Gasteiger partial charge in [-0.2, -0.15) is 0 Å². The number of aliphatic hydroxyl groups is 2. The molecule has 0 amide bonds. The number of rotatable bonds is 11. The molecule has 8 heteroatoms. The van der Waals surface area contributed by atoms with Crippen LogP contribution in [0.2, 0.25) is 0 Å². The number of aliphatic hydroxyl groups excluding tert-OH is 2. The molecule has 7 nitrogen and oxygen atoms in total. The van der Waals surface area contributed by atoms with E-state index in [1.54, 1.807) is 18.0 Å². The number of anilines is 2. The summed E-state index contributed by atoms with van der Waals surface area (Å²) in [7, 11) is 1.95. The van der Waals surface area contributed by atoms with Gasteiger partial charge in [0, 0.05) is 48.9 Å². The van der Waals surface area contributed by atoms with Gasteiger partial charge in [-0.25, -0.2) is 4.98 Å². The average molecular weight is 517 g/mol. The molecule has 0 saturated carbocycles. The van der Waals surface area contributed by atoms with E-state index < -0.39 is 6.10 Å². The van der Waals surface area contributed by atoms with Crippen molar-refractivity contribution in [2.45, 2.75) is 29.0 Å². The Labute approximate surface area is 221 Å². The zero-order chi connectivity index (χ0) is 25.6. The van der Waals surface area contributed by atoms with Crippen LogP contribution in [0.3, 0.4) is 0 Å². The highest BCUT2D eigenvalue weighted by Gasteiger charge is 2.25. The Kier molecular flexibility index (Phi) is 8.11. The maximum absolute atomic E-state index is 11.2. The number of aromatic nitrogens is 2. The normalized spacial score (nSPS) is 13.4. The van der Waals surface area contributed by atoms with Gasteiger partial charge in [0.15, 0.2) is 0 Å². The third-order valence-corrected chi connectivity index (χ3v) is 7.56. The smallest absolute Gasteiger partial charge is 0.146 e. The zero-order valence-electron chi connectivity index (χ0n) is 20.9. The quantitative estimate of drug-likeness (QED) is 0.305. The first-order valence-electron chi connectivity index (χ1n) is 12.4. The van der Waals surface area contributed by atoms with Gasteiger partial charge >= 0.3 is 0 Å². The summed E-state index contributed by atoms with van der Waals surface area (Å²) in [6.07, 6.45) is 3.05. The summed E-state index contributed by atoms with van der Waals surface area (Å²) in [5.74, 6) is 1.64. The van der Waals surface area contributed by atoms with Crippen LogP contribution in [0.5, 0.6) is 5.75 Å². The molecule has 1 aliphatic heterocycles. The lowest BCUT2D eigenvalue weighted by Crippen LogP contribution is -2.40. The average Bonchev–Trinajstić information content (AvgIpc) is 3.32. The second-order valence-electron chi connectivity index (χ2n) is 9.15. The molecule has 0 bridgehead atoms. The van der Waals surface area contributed by atoms with Crippen molar-refractivity contribution in [3.05, 3.63) is 96.6 Å². The number of hydrogen-bond acceptors (Lipinski definition) is 7. The van der Waals surface area contributed by atoms with E-state index in [9.17, 15) is 10.2 Å². The molecule has 2 N–H and O–H groups in total. The third kappa shape index (κ3) is 6.17. The van der Waals surface area contributed by atoms with Gasteiger partial charge in [-0.1, -0.05) is 48.2 Å². The molecule has 1 atom stereocenters. The SMILES string of the molecule is Cn1ccnc1COc1ccc(CN(CCO)C[C@H](O)CN2c3ccccc3Sc3ccccc32)cc1. The molecular weight excluding hydrogens is 484 g/mol. The number of fused-ring (bicyclic) bond motifs is 2. The Bertz CT molecular complexity index is 1270. The summed E-state index contributed by atoms with van der Waals surface area (Å²) in [5, 5.41) is 20.8. The van der Waals surface area contributed by atoms with Crippen molar-refractivity contribution in [2.75, 3.05) is 31.1 Å². The first-order valence-corrected chi connectivity index (χ1v) is 13.2. The van der Waals surface area contributed by atoms with Crippen LogP contribution >= 0.6 is 11.8 Å². The van der Waals surface area contributed by atoms with Crippen LogP contribution < -0.4 is 9.64 Å². The van der Waals surface area contributed by atoms with Crippen LogP contribution in [0.1, 0.15) is 11.4 Å². The van der Waals surface area contributed by atoms with E-state index in [4.69, 9.17) is 4.74 Å². The molecule has 0 radical (unpaired) electrons. The van der Waals surface area contributed by atoms with E-state index in [2.05, 4.69) is 39.0 Å². The predicted octanol–water partition coefficient (Wildman–Crippen LogP) is 4.46. The molecular formula is C29H32N4O3S. The van der Waals surface area contributed by atoms with Crippen LogP contribution in [0.4, 0.5) is 11.4 Å². The van der Waals surface area contributed by atoms with Crippen LogP contribution in [-0.2, 0) is 20.2 Å². The van der Waals surface area contributed by atoms with E-state index >= 15 is 0 Å². The zero-order valence-corrected chi connectivity index (χ0v) is 21.7. The second-order valence-corrected chi connectivity index (χ2v) is 10.2. The maximum Gasteiger partial charge on any atom is 0.146 e. The summed E-state index contributed by atoms with van der Waals surface area (Å²) in [4.78, 5) is 10.9. The Balaban J connectivity index is 1.22. The first-order chi connectivity index (χ1) is 18.1. The van der Waals surface area contributed by atoms with E-state index in [1.807, 2.05) is 66.3 Å². The molecule has 3 aromatic carbocycles. The molecule has 0 saturated heterocycles. The topological polar surface area (TPSA) is 74.0 Å². The second kappa shape index (κ2) is 11.8. The van der Waals surface area contributed by atoms with Gasteiger partial charge in [0.2, 0.25) is 0 Å². The number of hydrogen-bond donors (Lipinski definition) is 2. The number of ether oxygens (including phenoxy) is 1. The van der Waals surface area contributed by atoms with Crippen molar-refractivity contribution >= 4 is 23.1 Å². The monoisotopic (exact) mass is 516 g/mol. The standard InChI is InChI=1S/C29H32N4O3S/c1-31-15-14-30-29(31)21-36-24-12-10-22(11-13-24)18-32(16-17-34)19-23(35)20-33-25-6-2-4-8-27(25)37-28-9-5-3-7-26(28)33/h2-15,23,34-35H,16-21H2,1H3/t23-/m0/s1. The van der Waals surface area contributed by atoms with E-state index in [0.717, 1.165) is 28.5 Å². The van der Waals surface area contributed by atoms with Crippen LogP contribution in [-0.4, -0.2) is 57.0 Å². The summed E-state index contributed by atoms with van der Waals surface area (Å²) >= 11 is 1.76. The summed E-state index contributed by atoms with van der Waals surface area (Å²) < 4.78 is 7.80. The molecule has 1 aliphatic rings. The number of aryl methyl sites for hydroxylation is 1. The number of nitrogens with zero attached hydrogens (tertiary/aromatic N) is 4. The van der Waals surface area contributed by atoms with Gasteiger partial charge in [-0.05, 0) is 42.0 Å². The van der Waals surface area contributed by atoms with Crippen molar-refractivity contribution in [1.29, 1.82) is 0 Å². The molecule has 0 spiro atoms. The molecule has 0 fully saturated rings. The lowest BCUT2D eigenvalue weighted by atomic mass is 10.1. The molecule has 192 valence electrons. The fraction of sp³-hybridized carbons (Fsp3) is 0.276. The fourth-order valence-electron chi connectivity index (χ4n) is 4.55. The number of β-amino-alcohol motifs (C(OH)–C–C–N with tert-alkyl or cyclic N) is 1. The van der Waals surface area contributed by atoms with E-state index in [1.165, 1.54) is 9.79 Å². The minimum Gasteiger partial charge on any atom is -0.486 e. The van der Waals surface area contributed by atoms with E-state index in [-0.39, 0.29) is 6.61 Å². The van der Waals surface area contributed by atoms with Crippen molar-refractivity contribution < 1.29 is 14.9 Å². The molecule has 5 rings (SSSR count).